The predicted molar refractivity (Wildman–Crippen MR) is 210 cm³/mol. The number of allylic oxidation sites excluding steroid dienone is 1. The summed E-state index contributed by atoms with van der Waals surface area (Å²) < 4.78 is 32.7. The highest BCUT2D eigenvalue weighted by Crippen LogP contribution is 2.43. The number of carbonyl (C=O) groups excluding carboxylic acids is 4. The summed E-state index contributed by atoms with van der Waals surface area (Å²) in [7, 11) is 5.22. The van der Waals surface area contributed by atoms with Gasteiger partial charge in [-0.25, -0.2) is 14.5 Å². The van der Waals surface area contributed by atoms with Gasteiger partial charge in [-0.05, 0) is 61.1 Å². The van der Waals surface area contributed by atoms with Gasteiger partial charge in [0.1, 0.15) is 34.6 Å². The summed E-state index contributed by atoms with van der Waals surface area (Å²) in [6.45, 7) is 14.3. The Kier molecular flexibility index (Phi) is 14.1. The van der Waals surface area contributed by atoms with Crippen molar-refractivity contribution in [1.29, 1.82) is 0 Å². The lowest BCUT2D eigenvalue weighted by atomic mass is 9.73. The Hall–Kier alpha value is -3.61. The fraction of sp³-hybridized carbons (Fsp3) is 0.725. The van der Waals surface area contributed by atoms with Crippen molar-refractivity contribution in [3.05, 3.63) is 29.9 Å². The average molecular weight is 817 g/mol. The van der Waals surface area contributed by atoms with Crippen molar-refractivity contribution in [3.8, 4) is 10.7 Å². The first kappa shape index (κ1) is 44.5. The van der Waals surface area contributed by atoms with Crippen molar-refractivity contribution in [3.63, 3.8) is 0 Å². The lowest BCUT2D eigenvalue weighted by Crippen LogP contribution is -2.60. The van der Waals surface area contributed by atoms with Crippen molar-refractivity contribution in [1.82, 2.24) is 29.8 Å². The highest BCUT2D eigenvalue weighted by atomic mass is 32.1. The molecule has 3 aliphatic heterocycles. The summed E-state index contributed by atoms with van der Waals surface area (Å²) in [6, 6.07) is -1.14. The van der Waals surface area contributed by atoms with E-state index in [4.69, 9.17) is 23.7 Å². The van der Waals surface area contributed by atoms with Crippen LogP contribution >= 0.6 is 11.3 Å². The van der Waals surface area contributed by atoms with Crippen LogP contribution in [0.1, 0.15) is 74.7 Å². The number of hydrogen-bond donors (Lipinski definition) is 1. The maximum Gasteiger partial charge on any atom is 0.411 e. The normalized spacial score (nSPS) is 37.4. The van der Waals surface area contributed by atoms with Crippen LogP contribution < -0.4 is 0 Å². The maximum absolute atomic E-state index is 14.7. The molecule has 3 unspecified atom stereocenters. The second-order valence-electron chi connectivity index (χ2n) is 16.5. The van der Waals surface area contributed by atoms with Crippen molar-refractivity contribution in [2.75, 3.05) is 27.7 Å². The molecule has 1 N–H and O–H groups in total. The number of aliphatic hydroxyl groups excluding tert-OH is 1. The third-order valence-electron chi connectivity index (χ3n) is 12.1. The second-order valence-corrected chi connectivity index (χ2v) is 17.4. The van der Waals surface area contributed by atoms with E-state index in [-0.39, 0.29) is 37.3 Å². The lowest BCUT2D eigenvalue weighted by Gasteiger charge is -2.47. The Bertz CT molecular complexity index is 1750. The van der Waals surface area contributed by atoms with Crippen molar-refractivity contribution >= 4 is 35.0 Å². The van der Waals surface area contributed by atoms with Gasteiger partial charge in [0.05, 0.1) is 36.6 Å². The molecule has 3 aliphatic rings. The molecular weight excluding hydrogens is 757 g/mol. The summed E-state index contributed by atoms with van der Waals surface area (Å²) in [4.78, 5) is 64.3. The van der Waals surface area contributed by atoms with E-state index in [0.29, 0.717) is 18.7 Å². The fourth-order valence-electron chi connectivity index (χ4n) is 8.87. The number of aromatic nitrogens is 4. The first-order valence-corrected chi connectivity index (χ1v) is 20.7. The van der Waals surface area contributed by atoms with E-state index >= 15 is 0 Å². The number of hydrogen-bond acceptors (Lipinski definition) is 15. The molecule has 316 valence electrons. The van der Waals surface area contributed by atoms with Gasteiger partial charge in [0.15, 0.2) is 17.7 Å². The highest BCUT2D eigenvalue weighted by Gasteiger charge is 2.60. The Labute approximate surface area is 339 Å². The van der Waals surface area contributed by atoms with Crippen LogP contribution in [0.3, 0.4) is 0 Å². The van der Waals surface area contributed by atoms with Crippen LogP contribution in [0.15, 0.2) is 29.9 Å². The molecule has 1 amide bonds. The quantitative estimate of drug-likeness (QED) is 0.205. The van der Waals surface area contributed by atoms with E-state index < -0.39 is 83.4 Å². The summed E-state index contributed by atoms with van der Waals surface area (Å²) in [6.07, 6.45) is 2.88. The zero-order valence-electron chi connectivity index (χ0n) is 35.0. The van der Waals surface area contributed by atoms with Gasteiger partial charge in [0.25, 0.3) is 0 Å². The number of ketones is 2. The third kappa shape index (κ3) is 9.18. The zero-order valence-corrected chi connectivity index (χ0v) is 35.8. The van der Waals surface area contributed by atoms with E-state index in [1.54, 1.807) is 64.7 Å². The number of nitrogens with zero attached hydrogens (tertiary/aromatic N) is 6. The molecule has 0 saturated carbocycles. The number of carbonyl (C=O) groups is 4. The Morgan fingerprint density at radius 3 is 2.39 bits per heavy atom. The van der Waals surface area contributed by atoms with Crippen molar-refractivity contribution in [2.24, 2.45) is 23.7 Å². The maximum atomic E-state index is 14.7. The van der Waals surface area contributed by atoms with Gasteiger partial charge in [-0.2, -0.15) is 0 Å². The number of thiazole rings is 1. The van der Waals surface area contributed by atoms with Crippen LogP contribution in [-0.2, 0) is 44.6 Å². The summed E-state index contributed by atoms with van der Waals surface area (Å²) in [5.74, 6) is -5.11. The standard InChI is InChI=1S/C40H60N6O10S/c1-12-29-40(8)33(46(38(51)56-40)17-14-13-16-45-21-27(42-43-45)35-41-15-18-57-35)24(4)30(47)22(2)20-39(7,52-11)34(25(5)31(48)26(6)36(50)54-29)55-37-32(49)28(44(9)10)19-23(3)53-37/h13-15,18,21-26,28-29,32-34,37,49H,12,16-17,19-20H2,1-11H3/b14-13+/t22-,23?,24+,25+,26-,28?,29-,32?,33-,34-,37+,39-,40-/m1/s1. The van der Waals surface area contributed by atoms with Crippen molar-refractivity contribution in [2.45, 2.75) is 135 Å². The SMILES string of the molecule is CC[C@H]1OC(=O)[C@H](C)C(=O)[C@H](C)[C@@H](O[C@@H]2OC(C)CC(N(C)C)C2O)[C@](C)(OC)C[C@@H](C)C(=O)[C@H](C)[C@H]2N(C/C=C/Cn3cc(-c4nccs4)nn3)C(=O)O[C@]12C. The van der Waals surface area contributed by atoms with E-state index in [0.717, 1.165) is 5.01 Å². The van der Waals surface area contributed by atoms with Crippen LogP contribution in [-0.4, -0.2) is 140 Å². The van der Waals surface area contributed by atoms with Gasteiger partial charge in [-0.1, -0.05) is 45.1 Å². The first-order valence-electron chi connectivity index (χ1n) is 19.8. The molecule has 17 heteroatoms. The van der Waals surface area contributed by atoms with Gasteiger partial charge in [-0.3, -0.25) is 19.3 Å². The predicted octanol–water partition coefficient (Wildman–Crippen LogP) is 4.16. The van der Waals surface area contributed by atoms with Crippen LogP contribution in [0.5, 0.6) is 0 Å². The van der Waals surface area contributed by atoms with Crippen LogP contribution in [0, 0.1) is 23.7 Å². The monoisotopic (exact) mass is 816 g/mol. The number of amides is 1. The molecule has 13 atom stereocenters. The minimum atomic E-state index is -1.44. The molecule has 5 rings (SSSR count). The molecule has 3 fully saturated rings. The fourth-order valence-corrected chi connectivity index (χ4v) is 9.46. The van der Waals surface area contributed by atoms with Crippen LogP contribution in [0.2, 0.25) is 0 Å². The lowest BCUT2D eigenvalue weighted by molar-refractivity contribution is -0.295. The van der Waals surface area contributed by atoms with Gasteiger partial charge in [0, 0.05) is 49.0 Å². The summed E-state index contributed by atoms with van der Waals surface area (Å²) >= 11 is 1.46. The minimum Gasteiger partial charge on any atom is -0.458 e. The Morgan fingerprint density at radius 2 is 1.75 bits per heavy atom. The number of Topliss-reactive ketones (excluding diaryl/α,β-unsaturated/α-hetero) is 2. The van der Waals surface area contributed by atoms with E-state index in [1.807, 2.05) is 37.4 Å². The second kappa shape index (κ2) is 18.1. The molecule has 16 nitrogen and oxygen atoms in total. The van der Waals surface area contributed by atoms with Crippen LogP contribution in [0.25, 0.3) is 10.7 Å². The number of cyclic esters (lactones) is 1. The molecular formula is C40H60N6O10S. The van der Waals surface area contributed by atoms with Gasteiger partial charge >= 0.3 is 12.1 Å². The number of methoxy groups -OCH3 is 1. The van der Waals surface area contributed by atoms with Crippen molar-refractivity contribution < 1.29 is 48.0 Å². The summed E-state index contributed by atoms with van der Waals surface area (Å²) in [5.41, 5.74) is -2.07. The van der Waals surface area contributed by atoms with Gasteiger partial charge < -0.3 is 33.7 Å². The molecule has 0 bridgehead atoms. The zero-order chi connectivity index (χ0) is 42.0. The summed E-state index contributed by atoms with van der Waals surface area (Å²) in [5, 5.41) is 22.4. The molecule has 3 saturated heterocycles. The Balaban J connectivity index is 1.47. The molecule has 0 radical (unpaired) electrons. The number of fused-ring (bicyclic) bond motifs is 1. The van der Waals surface area contributed by atoms with E-state index in [9.17, 15) is 24.3 Å². The van der Waals surface area contributed by atoms with Gasteiger partial charge in [0.2, 0.25) is 0 Å². The molecule has 0 spiro atoms. The molecule has 0 aliphatic carbocycles. The molecule has 57 heavy (non-hydrogen) atoms. The number of aliphatic hydroxyl groups is 1. The molecule has 0 aromatic carbocycles. The average Bonchev–Trinajstić information content (AvgIpc) is 3.93. The number of rotatable bonds is 10. The molecule has 5 heterocycles. The van der Waals surface area contributed by atoms with Crippen LogP contribution in [0.4, 0.5) is 4.79 Å². The topological polar surface area (TPSA) is 185 Å². The number of esters is 1. The first-order chi connectivity index (χ1) is 26.9. The highest BCUT2D eigenvalue weighted by molar-refractivity contribution is 7.13. The smallest absolute Gasteiger partial charge is 0.411 e. The van der Waals surface area contributed by atoms with Gasteiger partial charge in [-0.15, -0.1) is 16.4 Å². The van der Waals surface area contributed by atoms with E-state index in [1.165, 1.54) is 30.3 Å². The number of likely N-dealkylation sites (N-methyl/N-ethyl adjacent to an activating group) is 1. The minimum absolute atomic E-state index is 0.0949. The Morgan fingerprint density at radius 1 is 1.05 bits per heavy atom. The third-order valence-corrected chi connectivity index (χ3v) is 12.9. The molecule has 2 aromatic heterocycles. The molecule has 2 aromatic rings. The largest absolute Gasteiger partial charge is 0.458 e. The van der Waals surface area contributed by atoms with E-state index in [2.05, 4.69) is 15.3 Å². The number of ether oxygens (including phenoxy) is 5.